The predicted octanol–water partition coefficient (Wildman–Crippen LogP) is 2.82. The number of hydrogen-bond donors (Lipinski definition) is 1. The lowest BCUT2D eigenvalue weighted by Crippen LogP contribution is -2.09. The third-order valence-electron chi connectivity index (χ3n) is 3.20. The molecule has 6 nitrogen and oxygen atoms in total. The number of halogens is 3. The maximum Gasteiger partial charge on any atom is 0.417 e. The van der Waals surface area contributed by atoms with Crippen molar-refractivity contribution in [3.63, 3.8) is 0 Å². The van der Waals surface area contributed by atoms with Gasteiger partial charge in [0.15, 0.2) is 17.2 Å². The van der Waals surface area contributed by atoms with E-state index in [0.29, 0.717) is 0 Å². The minimum Gasteiger partial charge on any atom is -0.493 e. The Balaban J connectivity index is 2.76. The van der Waals surface area contributed by atoms with Gasteiger partial charge in [-0.05, 0) is 18.2 Å². The number of ether oxygens (including phenoxy) is 2. The number of methoxy groups -OCH3 is 2. The number of carboxylic acids is 1. The van der Waals surface area contributed by atoms with Gasteiger partial charge >= 0.3 is 12.1 Å². The number of hydrogen-bond acceptors (Lipinski definition) is 4. The summed E-state index contributed by atoms with van der Waals surface area (Å²) in [6.45, 7) is 0. The Labute approximate surface area is 129 Å². The third kappa shape index (κ3) is 3.08. The van der Waals surface area contributed by atoms with Gasteiger partial charge in [0.25, 0.3) is 0 Å². The summed E-state index contributed by atoms with van der Waals surface area (Å²) in [5.41, 5.74) is -1.59. The van der Waals surface area contributed by atoms with Crippen LogP contribution in [0.5, 0.6) is 11.5 Å². The molecule has 0 amide bonds. The van der Waals surface area contributed by atoms with Crippen LogP contribution in [0, 0.1) is 0 Å². The molecule has 0 saturated heterocycles. The maximum absolute atomic E-state index is 13.3. The standard InChI is InChI=1S/C14H13F3N2O4/c1-19-10(6-9(18-19)13(20)21)7-4-11(22-2)12(23-3)5-8(7)14(15,16)17/h4-6H,1-3H3,(H,20,21). The molecule has 0 aliphatic heterocycles. The van der Waals surface area contributed by atoms with E-state index in [1.165, 1.54) is 21.3 Å². The molecule has 0 aliphatic rings. The molecule has 0 aliphatic carbocycles. The Morgan fingerprint density at radius 3 is 2.17 bits per heavy atom. The van der Waals surface area contributed by atoms with E-state index in [1.54, 1.807) is 0 Å². The van der Waals surface area contributed by atoms with Crippen molar-refractivity contribution < 1.29 is 32.5 Å². The molecule has 0 radical (unpaired) electrons. The van der Waals surface area contributed by atoms with Crippen LogP contribution in [0.15, 0.2) is 18.2 Å². The average molecular weight is 330 g/mol. The Kier molecular flexibility index (Phi) is 4.22. The Bertz CT molecular complexity index is 753. The van der Waals surface area contributed by atoms with E-state index >= 15 is 0 Å². The van der Waals surface area contributed by atoms with Gasteiger partial charge in [-0.25, -0.2) is 4.79 Å². The monoisotopic (exact) mass is 330 g/mol. The van der Waals surface area contributed by atoms with Crippen molar-refractivity contribution in [2.75, 3.05) is 14.2 Å². The summed E-state index contributed by atoms with van der Waals surface area (Å²) in [6, 6.07) is 3.02. The molecule has 2 rings (SSSR count). The molecule has 2 aromatic rings. The molecule has 23 heavy (non-hydrogen) atoms. The van der Waals surface area contributed by atoms with Gasteiger partial charge in [-0.3, -0.25) is 4.68 Å². The molecular weight excluding hydrogens is 317 g/mol. The number of carbonyl (C=O) groups is 1. The molecule has 0 bridgehead atoms. The fourth-order valence-electron chi connectivity index (χ4n) is 2.15. The maximum atomic E-state index is 13.3. The molecule has 0 saturated carbocycles. The first-order chi connectivity index (χ1) is 10.7. The Hall–Kier alpha value is -2.71. The van der Waals surface area contributed by atoms with Crippen molar-refractivity contribution in [2.24, 2.45) is 7.05 Å². The first-order valence-corrected chi connectivity index (χ1v) is 6.30. The highest BCUT2D eigenvalue weighted by molar-refractivity contribution is 5.87. The fraction of sp³-hybridized carbons (Fsp3) is 0.286. The topological polar surface area (TPSA) is 73.6 Å². The van der Waals surface area contributed by atoms with E-state index in [2.05, 4.69) is 5.10 Å². The van der Waals surface area contributed by atoms with Crippen molar-refractivity contribution in [1.82, 2.24) is 9.78 Å². The molecular formula is C14H13F3N2O4. The second-order valence-corrected chi connectivity index (χ2v) is 4.59. The highest BCUT2D eigenvalue weighted by atomic mass is 19.4. The van der Waals surface area contributed by atoms with Gasteiger partial charge in [-0.2, -0.15) is 18.3 Å². The highest BCUT2D eigenvalue weighted by Gasteiger charge is 2.36. The smallest absolute Gasteiger partial charge is 0.417 e. The minimum atomic E-state index is -4.66. The zero-order valence-corrected chi connectivity index (χ0v) is 12.4. The molecule has 1 aromatic heterocycles. The molecule has 0 fully saturated rings. The fourth-order valence-corrected chi connectivity index (χ4v) is 2.15. The van der Waals surface area contributed by atoms with Crippen LogP contribution < -0.4 is 9.47 Å². The number of carboxylic acid groups (broad SMARTS) is 1. The van der Waals surface area contributed by atoms with Crippen LogP contribution in [0.2, 0.25) is 0 Å². The van der Waals surface area contributed by atoms with Crippen LogP contribution in [-0.2, 0) is 13.2 Å². The largest absolute Gasteiger partial charge is 0.493 e. The first-order valence-electron chi connectivity index (χ1n) is 6.30. The second-order valence-electron chi connectivity index (χ2n) is 4.59. The van der Waals surface area contributed by atoms with Crippen molar-refractivity contribution in [3.8, 4) is 22.8 Å². The minimum absolute atomic E-state index is 0.00400. The van der Waals surface area contributed by atoms with Crippen molar-refractivity contribution in [1.29, 1.82) is 0 Å². The molecule has 1 N–H and O–H groups in total. The molecule has 1 heterocycles. The summed E-state index contributed by atoms with van der Waals surface area (Å²) in [7, 11) is 3.88. The van der Waals surface area contributed by atoms with Crippen LogP contribution in [0.3, 0.4) is 0 Å². The van der Waals surface area contributed by atoms with Crippen LogP contribution in [0.1, 0.15) is 16.1 Å². The quantitative estimate of drug-likeness (QED) is 0.933. The van der Waals surface area contributed by atoms with Crippen LogP contribution in [0.25, 0.3) is 11.3 Å². The molecule has 0 spiro atoms. The lowest BCUT2D eigenvalue weighted by atomic mass is 10.0. The number of benzene rings is 1. The van der Waals surface area contributed by atoms with E-state index in [4.69, 9.17) is 14.6 Å². The summed E-state index contributed by atoms with van der Waals surface area (Å²) in [5.74, 6) is -1.32. The predicted molar refractivity (Wildman–Crippen MR) is 73.7 cm³/mol. The summed E-state index contributed by atoms with van der Waals surface area (Å²) in [6.07, 6.45) is -4.66. The second kappa shape index (κ2) is 5.82. The van der Waals surface area contributed by atoms with Gasteiger partial charge in [0, 0.05) is 12.6 Å². The zero-order valence-electron chi connectivity index (χ0n) is 12.4. The Morgan fingerprint density at radius 2 is 1.74 bits per heavy atom. The SMILES string of the molecule is COc1cc(-c2cc(C(=O)O)nn2C)c(C(F)(F)F)cc1OC. The number of alkyl halides is 3. The lowest BCUT2D eigenvalue weighted by molar-refractivity contribution is -0.137. The molecule has 9 heteroatoms. The third-order valence-corrected chi connectivity index (χ3v) is 3.20. The number of rotatable bonds is 4. The summed E-state index contributed by atoms with van der Waals surface area (Å²) >= 11 is 0. The first kappa shape index (κ1) is 16.7. The van der Waals surface area contributed by atoms with Crippen molar-refractivity contribution in [2.45, 2.75) is 6.18 Å². The van der Waals surface area contributed by atoms with E-state index < -0.39 is 17.7 Å². The number of aromatic nitrogens is 2. The lowest BCUT2D eigenvalue weighted by Gasteiger charge is -2.17. The van der Waals surface area contributed by atoms with E-state index in [9.17, 15) is 18.0 Å². The summed E-state index contributed by atoms with van der Waals surface area (Å²) in [4.78, 5) is 11.0. The van der Waals surface area contributed by atoms with Crippen LogP contribution >= 0.6 is 0 Å². The van der Waals surface area contributed by atoms with Gasteiger partial charge in [-0.15, -0.1) is 0 Å². The molecule has 0 unspecified atom stereocenters. The summed E-state index contributed by atoms with van der Waals surface area (Å²) < 4.78 is 51.0. The van der Waals surface area contributed by atoms with E-state index in [-0.39, 0.29) is 28.5 Å². The van der Waals surface area contributed by atoms with Crippen molar-refractivity contribution in [3.05, 3.63) is 29.5 Å². The molecule has 1 aromatic carbocycles. The van der Waals surface area contributed by atoms with Crippen molar-refractivity contribution >= 4 is 5.97 Å². The van der Waals surface area contributed by atoms with Gasteiger partial charge in [-0.1, -0.05) is 0 Å². The van der Waals surface area contributed by atoms with Gasteiger partial charge in [0.2, 0.25) is 0 Å². The number of aromatic carboxylic acids is 1. The van der Waals surface area contributed by atoms with E-state index in [1.807, 2.05) is 0 Å². The van der Waals surface area contributed by atoms with Crippen LogP contribution in [-0.4, -0.2) is 35.1 Å². The molecule has 124 valence electrons. The molecule has 0 atom stereocenters. The average Bonchev–Trinajstić information content (AvgIpc) is 2.87. The van der Waals surface area contributed by atoms with Gasteiger partial charge in [0.05, 0.1) is 25.5 Å². The number of aryl methyl sites for hydroxylation is 1. The summed E-state index contributed by atoms with van der Waals surface area (Å²) in [5, 5.41) is 12.6. The number of nitrogens with zero attached hydrogens (tertiary/aromatic N) is 2. The zero-order chi connectivity index (χ0) is 17.4. The van der Waals surface area contributed by atoms with Gasteiger partial charge in [0.1, 0.15) is 0 Å². The normalized spacial score (nSPS) is 11.4. The Morgan fingerprint density at radius 1 is 1.17 bits per heavy atom. The van der Waals surface area contributed by atoms with Crippen LogP contribution in [0.4, 0.5) is 13.2 Å². The van der Waals surface area contributed by atoms with Gasteiger partial charge < -0.3 is 14.6 Å². The highest BCUT2D eigenvalue weighted by Crippen LogP contribution is 2.43. The van der Waals surface area contributed by atoms with E-state index in [0.717, 1.165) is 22.9 Å².